The van der Waals surface area contributed by atoms with Crippen LogP contribution in [0, 0.1) is 0 Å². The summed E-state index contributed by atoms with van der Waals surface area (Å²) in [4.78, 5) is 32.0. The number of para-hydroxylation sites is 1. The third kappa shape index (κ3) is 5.07. The quantitative estimate of drug-likeness (QED) is 0.491. The van der Waals surface area contributed by atoms with Crippen LogP contribution in [-0.2, 0) is 9.57 Å². The summed E-state index contributed by atoms with van der Waals surface area (Å²) < 4.78 is 49.5. The van der Waals surface area contributed by atoms with Gasteiger partial charge in [-0.2, -0.15) is 18.7 Å². The molecular weight excluding hydrogens is 481 g/mol. The van der Waals surface area contributed by atoms with Crippen molar-refractivity contribution in [2.24, 2.45) is 0 Å². The standard InChI is InChI=1S/C24H23F3N4O5/c25-24(26,27)23-29-20(30-36-23)14-5-7-15(8-6-14)21(32)28-12-17-13-34-10-9-31(17)22(33)19-11-16-3-1-2-4-18(16)35-19/h1-8,11,17,20,23,29-30H,9-10,12-13H2,(H,28,32). The van der Waals surface area contributed by atoms with Gasteiger partial charge >= 0.3 is 6.18 Å². The average molecular weight is 504 g/mol. The smallest absolute Gasteiger partial charge is 0.430 e. The number of fused-ring (bicyclic) bond motifs is 1. The molecule has 3 N–H and O–H groups in total. The highest BCUT2D eigenvalue weighted by Crippen LogP contribution is 2.27. The van der Waals surface area contributed by atoms with Crippen molar-refractivity contribution >= 4 is 22.8 Å². The number of ether oxygens (including phenoxy) is 1. The topological polar surface area (TPSA) is 105 Å². The van der Waals surface area contributed by atoms with Crippen LogP contribution >= 0.6 is 0 Å². The number of rotatable bonds is 5. The molecule has 1 aromatic heterocycles. The maximum absolute atomic E-state index is 13.1. The number of nitrogens with one attached hydrogen (secondary N) is 3. The number of furan rings is 1. The molecule has 36 heavy (non-hydrogen) atoms. The van der Waals surface area contributed by atoms with Gasteiger partial charge in [-0.1, -0.05) is 30.3 Å². The normalized spacial score (nSPS) is 22.6. The molecule has 2 aromatic carbocycles. The van der Waals surface area contributed by atoms with Crippen molar-refractivity contribution < 1.29 is 36.8 Å². The van der Waals surface area contributed by atoms with E-state index in [1.54, 1.807) is 17.0 Å². The molecule has 0 radical (unpaired) electrons. The highest BCUT2D eigenvalue weighted by molar-refractivity contribution is 5.96. The first kappa shape index (κ1) is 24.3. The Morgan fingerprint density at radius 1 is 1.11 bits per heavy atom. The Balaban J connectivity index is 1.19. The van der Waals surface area contributed by atoms with Gasteiger partial charge < -0.3 is 19.4 Å². The predicted octanol–water partition coefficient (Wildman–Crippen LogP) is 2.72. The van der Waals surface area contributed by atoms with Crippen LogP contribution in [0.5, 0.6) is 0 Å². The van der Waals surface area contributed by atoms with Gasteiger partial charge in [0.2, 0.25) is 6.23 Å². The van der Waals surface area contributed by atoms with Crippen LogP contribution in [0.1, 0.15) is 32.6 Å². The number of amides is 2. The van der Waals surface area contributed by atoms with Crippen LogP contribution in [0.2, 0.25) is 0 Å². The van der Waals surface area contributed by atoms with Crippen LogP contribution in [0.4, 0.5) is 13.2 Å². The van der Waals surface area contributed by atoms with Gasteiger partial charge in [0.25, 0.3) is 11.8 Å². The Bertz CT molecular complexity index is 1210. The van der Waals surface area contributed by atoms with E-state index >= 15 is 0 Å². The molecule has 5 rings (SSSR count). The third-order valence-electron chi connectivity index (χ3n) is 6.05. The first-order valence-corrected chi connectivity index (χ1v) is 11.3. The molecule has 190 valence electrons. The summed E-state index contributed by atoms with van der Waals surface area (Å²) in [5.74, 6) is -0.454. The molecule has 2 fully saturated rings. The van der Waals surface area contributed by atoms with E-state index in [0.717, 1.165) is 5.39 Å². The molecule has 3 atom stereocenters. The first-order valence-electron chi connectivity index (χ1n) is 11.3. The van der Waals surface area contributed by atoms with Crippen molar-refractivity contribution in [3.8, 4) is 0 Å². The van der Waals surface area contributed by atoms with Crippen molar-refractivity contribution in [1.29, 1.82) is 0 Å². The van der Waals surface area contributed by atoms with Gasteiger partial charge in [-0.15, -0.1) is 0 Å². The van der Waals surface area contributed by atoms with Crippen molar-refractivity contribution in [3.63, 3.8) is 0 Å². The molecule has 0 saturated carbocycles. The summed E-state index contributed by atoms with van der Waals surface area (Å²) in [6, 6.07) is 14.7. The van der Waals surface area contributed by atoms with Gasteiger partial charge in [0.1, 0.15) is 11.7 Å². The lowest BCUT2D eigenvalue weighted by Crippen LogP contribution is -2.53. The fraction of sp³-hybridized carbons (Fsp3) is 0.333. The van der Waals surface area contributed by atoms with Crippen LogP contribution in [0.3, 0.4) is 0 Å². The molecule has 0 spiro atoms. The second-order valence-electron chi connectivity index (χ2n) is 8.46. The molecule has 2 amide bonds. The SMILES string of the molecule is O=C(NCC1COCCN1C(=O)c1cc2ccccc2o1)c1ccc(C2NOC(C(F)(F)F)N2)cc1. The van der Waals surface area contributed by atoms with Gasteiger partial charge in [-0.3, -0.25) is 19.7 Å². The number of hydrogen-bond acceptors (Lipinski definition) is 7. The van der Waals surface area contributed by atoms with E-state index in [1.807, 2.05) is 18.2 Å². The summed E-state index contributed by atoms with van der Waals surface area (Å²) in [7, 11) is 0. The minimum atomic E-state index is -4.55. The van der Waals surface area contributed by atoms with E-state index < -0.39 is 24.6 Å². The molecule has 2 aliphatic rings. The number of carbonyl (C=O) groups is 2. The van der Waals surface area contributed by atoms with Crippen molar-refractivity contribution in [1.82, 2.24) is 21.0 Å². The zero-order valence-corrected chi connectivity index (χ0v) is 18.9. The number of benzene rings is 2. The number of halogens is 3. The summed E-state index contributed by atoms with van der Waals surface area (Å²) in [5.41, 5.74) is 3.70. The number of carbonyl (C=O) groups excluding carboxylic acids is 2. The molecule has 0 aliphatic carbocycles. The largest absolute Gasteiger partial charge is 0.451 e. The van der Waals surface area contributed by atoms with Gasteiger partial charge in [-0.05, 0) is 29.8 Å². The summed E-state index contributed by atoms with van der Waals surface area (Å²) in [5, 5.41) is 5.91. The van der Waals surface area contributed by atoms with E-state index in [1.165, 1.54) is 24.3 Å². The predicted molar refractivity (Wildman–Crippen MR) is 121 cm³/mol. The van der Waals surface area contributed by atoms with Crippen LogP contribution in [0.25, 0.3) is 11.0 Å². The average Bonchev–Trinajstić information content (AvgIpc) is 3.55. The minimum absolute atomic E-state index is 0.152. The maximum Gasteiger partial charge on any atom is 0.430 e. The Morgan fingerprint density at radius 2 is 1.89 bits per heavy atom. The number of morpholine rings is 1. The number of hydroxylamine groups is 1. The van der Waals surface area contributed by atoms with E-state index in [-0.39, 0.29) is 30.7 Å². The molecule has 3 unspecified atom stereocenters. The lowest BCUT2D eigenvalue weighted by Gasteiger charge is -2.35. The molecule has 3 heterocycles. The van der Waals surface area contributed by atoms with E-state index in [4.69, 9.17) is 9.15 Å². The zero-order valence-electron chi connectivity index (χ0n) is 18.9. The molecule has 9 nitrogen and oxygen atoms in total. The Hall–Kier alpha value is -3.45. The van der Waals surface area contributed by atoms with Crippen molar-refractivity contribution in [2.45, 2.75) is 24.6 Å². The van der Waals surface area contributed by atoms with Gasteiger partial charge in [0.05, 0.1) is 19.3 Å². The Morgan fingerprint density at radius 3 is 2.61 bits per heavy atom. The van der Waals surface area contributed by atoms with Crippen LogP contribution in [-0.4, -0.2) is 61.5 Å². The molecular formula is C24H23F3N4O5. The minimum Gasteiger partial charge on any atom is -0.451 e. The summed E-state index contributed by atoms with van der Waals surface area (Å²) in [6.07, 6.45) is -7.54. The number of nitrogens with zero attached hydrogens (tertiary/aromatic N) is 1. The highest BCUT2D eigenvalue weighted by atomic mass is 19.4. The molecule has 12 heteroatoms. The van der Waals surface area contributed by atoms with Gasteiger partial charge in [0.15, 0.2) is 5.76 Å². The van der Waals surface area contributed by atoms with Crippen LogP contribution in [0.15, 0.2) is 59.0 Å². The molecule has 3 aromatic rings. The summed E-state index contributed by atoms with van der Waals surface area (Å²) >= 11 is 0. The maximum atomic E-state index is 13.1. The van der Waals surface area contributed by atoms with Gasteiger partial charge in [0, 0.05) is 24.0 Å². The van der Waals surface area contributed by atoms with Gasteiger partial charge in [-0.25, -0.2) is 0 Å². The lowest BCUT2D eigenvalue weighted by molar-refractivity contribution is -0.224. The second kappa shape index (κ2) is 9.90. The first-order chi connectivity index (χ1) is 17.3. The molecule has 0 bridgehead atoms. The second-order valence-corrected chi connectivity index (χ2v) is 8.46. The Kier molecular flexibility index (Phi) is 6.67. The van der Waals surface area contributed by atoms with Crippen molar-refractivity contribution in [2.75, 3.05) is 26.3 Å². The molecule has 2 saturated heterocycles. The number of hydrogen-bond donors (Lipinski definition) is 3. The van der Waals surface area contributed by atoms with E-state index in [2.05, 4.69) is 21.0 Å². The molecule has 2 aliphatic heterocycles. The summed E-state index contributed by atoms with van der Waals surface area (Å²) in [6.45, 7) is 1.14. The fourth-order valence-corrected chi connectivity index (χ4v) is 4.14. The van der Waals surface area contributed by atoms with Crippen molar-refractivity contribution in [3.05, 3.63) is 71.5 Å². The number of alkyl halides is 3. The monoisotopic (exact) mass is 504 g/mol. The van der Waals surface area contributed by atoms with Crippen LogP contribution < -0.4 is 16.1 Å². The van der Waals surface area contributed by atoms with E-state index in [9.17, 15) is 22.8 Å². The van der Waals surface area contributed by atoms with E-state index in [0.29, 0.717) is 29.9 Å². The lowest BCUT2D eigenvalue weighted by atomic mass is 10.1. The highest BCUT2D eigenvalue weighted by Gasteiger charge is 2.46. The zero-order chi connectivity index (χ0) is 25.3. The Labute approximate surface area is 203 Å². The third-order valence-corrected chi connectivity index (χ3v) is 6.05. The fourth-order valence-electron chi connectivity index (χ4n) is 4.14.